The Hall–Kier alpha value is -1.88. The number of carbonyl (C=O) groups is 1. The number of hydrogen-bond donors (Lipinski definition) is 3. The van der Waals surface area contributed by atoms with E-state index in [1.54, 1.807) is 18.3 Å². The highest BCUT2D eigenvalue weighted by Gasteiger charge is 2.15. The van der Waals surface area contributed by atoms with Crippen molar-refractivity contribution in [3.05, 3.63) is 30.0 Å². The number of aromatic amines is 1. The van der Waals surface area contributed by atoms with Crippen molar-refractivity contribution in [3.8, 4) is 0 Å². The van der Waals surface area contributed by atoms with Crippen molar-refractivity contribution in [2.45, 2.75) is 19.9 Å². The fourth-order valence-corrected chi connectivity index (χ4v) is 1.67. The van der Waals surface area contributed by atoms with Crippen LogP contribution in [0.5, 0.6) is 0 Å². The highest BCUT2D eigenvalue weighted by atomic mass is 16.3. The zero-order chi connectivity index (χ0) is 13.1. The van der Waals surface area contributed by atoms with Crippen LogP contribution in [0.3, 0.4) is 0 Å². The summed E-state index contributed by atoms with van der Waals surface area (Å²) in [7, 11) is 0. The lowest BCUT2D eigenvalue weighted by atomic mass is 10.0. The lowest BCUT2D eigenvalue weighted by Gasteiger charge is -2.19. The van der Waals surface area contributed by atoms with Crippen LogP contribution >= 0.6 is 0 Å². The molecular formula is C13H17N3O2. The van der Waals surface area contributed by atoms with E-state index >= 15 is 0 Å². The molecule has 0 saturated heterocycles. The highest BCUT2D eigenvalue weighted by molar-refractivity contribution is 5.97. The first kappa shape index (κ1) is 12.6. The van der Waals surface area contributed by atoms with Gasteiger partial charge in [0, 0.05) is 23.6 Å². The first-order valence-electron chi connectivity index (χ1n) is 5.96. The van der Waals surface area contributed by atoms with E-state index in [1.165, 1.54) is 0 Å². The summed E-state index contributed by atoms with van der Waals surface area (Å²) in [5, 5.41) is 19.6. The molecule has 18 heavy (non-hydrogen) atoms. The lowest BCUT2D eigenvalue weighted by Crippen LogP contribution is -2.38. The molecule has 3 N–H and O–H groups in total. The number of hydrogen-bond acceptors (Lipinski definition) is 3. The van der Waals surface area contributed by atoms with Crippen molar-refractivity contribution in [3.63, 3.8) is 0 Å². The molecule has 5 nitrogen and oxygen atoms in total. The number of aliphatic hydroxyl groups is 1. The Balaban J connectivity index is 2.13. The minimum atomic E-state index is -0.133. The molecule has 0 aliphatic carbocycles. The number of aliphatic hydroxyl groups excluding tert-OH is 1. The Kier molecular flexibility index (Phi) is 3.62. The van der Waals surface area contributed by atoms with Gasteiger partial charge >= 0.3 is 0 Å². The monoisotopic (exact) mass is 247 g/mol. The summed E-state index contributed by atoms with van der Waals surface area (Å²) < 4.78 is 0. The van der Waals surface area contributed by atoms with Crippen molar-refractivity contribution in [1.29, 1.82) is 0 Å². The Morgan fingerprint density at radius 1 is 1.50 bits per heavy atom. The van der Waals surface area contributed by atoms with E-state index in [2.05, 4.69) is 15.5 Å². The van der Waals surface area contributed by atoms with Gasteiger partial charge < -0.3 is 10.4 Å². The average molecular weight is 247 g/mol. The van der Waals surface area contributed by atoms with Crippen LogP contribution < -0.4 is 5.32 Å². The average Bonchev–Trinajstić information content (AvgIpc) is 2.84. The number of rotatable bonds is 4. The maximum absolute atomic E-state index is 12.0. The van der Waals surface area contributed by atoms with Crippen LogP contribution in [0.1, 0.15) is 24.2 Å². The number of benzene rings is 1. The maximum atomic E-state index is 12.0. The number of aromatic nitrogens is 2. The van der Waals surface area contributed by atoms with Crippen molar-refractivity contribution in [1.82, 2.24) is 15.5 Å². The van der Waals surface area contributed by atoms with Gasteiger partial charge in [-0.25, -0.2) is 0 Å². The fraction of sp³-hybridized carbons (Fsp3) is 0.385. The predicted octanol–water partition coefficient (Wildman–Crippen LogP) is 1.31. The van der Waals surface area contributed by atoms with Crippen LogP contribution in [-0.4, -0.2) is 33.9 Å². The number of H-pyrrole nitrogens is 1. The summed E-state index contributed by atoms with van der Waals surface area (Å²) in [4.78, 5) is 12.0. The summed E-state index contributed by atoms with van der Waals surface area (Å²) in [5.74, 6) is -0.0995. The number of fused-ring (bicyclic) bond motifs is 1. The second-order valence-electron chi connectivity index (χ2n) is 4.59. The SMILES string of the molecule is CC(CO)C(C)NC(=O)c1ccc2[nH]ncc2c1. The molecule has 0 aliphatic rings. The smallest absolute Gasteiger partial charge is 0.251 e. The first-order valence-corrected chi connectivity index (χ1v) is 5.96. The van der Waals surface area contributed by atoms with E-state index in [9.17, 15) is 4.79 Å². The molecule has 5 heteroatoms. The number of amides is 1. The second-order valence-corrected chi connectivity index (χ2v) is 4.59. The first-order chi connectivity index (χ1) is 8.61. The van der Waals surface area contributed by atoms with Gasteiger partial charge in [0.15, 0.2) is 0 Å². The van der Waals surface area contributed by atoms with Gasteiger partial charge in [-0.15, -0.1) is 0 Å². The molecule has 0 saturated carbocycles. The van der Waals surface area contributed by atoms with Crippen molar-refractivity contribution in [2.75, 3.05) is 6.61 Å². The van der Waals surface area contributed by atoms with E-state index in [0.29, 0.717) is 5.56 Å². The van der Waals surface area contributed by atoms with Gasteiger partial charge in [0.05, 0.1) is 11.7 Å². The van der Waals surface area contributed by atoms with Crippen LogP contribution in [-0.2, 0) is 0 Å². The van der Waals surface area contributed by atoms with Crippen molar-refractivity contribution < 1.29 is 9.90 Å². The van der Waals surface area contributed by atoms with Crippen LogP contribution in [0.25, 0.3) is 10.9 Å². The molecule has 96 valence electrons. The van der Waals surface area contributed by atoms with Crippen molar-refractivity contribution in [2.24, 2.45) is 5.92 Å². The minimum absolute atomic E-state index is 0.0339. The largest absolute Gasteiger partial charge is 0.396 e. The Morgan fingerprint density at radius 2 is 2.28 bits per heavy atom. The molecule has 0 fully saturated rings. The van der Waals surface area contributed by atoms with E-state index < -0.39 is 0 Å². The lowest BCUT2D eigenvalue weighted by molar-refractivity contribution is 0.0916. The number of nitrogens with one attached hydrogen (secondary N) is 2. The summed E-state index contributed by atoms with van der Waals surface area (Å²) >= 11 is 0. The van der Waals surface area contributed by atoms with E-state index in [0.717, 1.165) is 10.9 Å². The van der Waals surface area contributed by atoms with Gasteiger partial charge in [-0.05, 0) is 31.0 Å². The van der Waals surface area contributed by atoms with Gasteiger partial charge in [-0.3, -0.25) is 9.89 Å². The van der Waals surface area contributed by atoms with Gasteiger partial charge in [0.1, 0.15) is 0 Å². The molecule has 2 unspecified atom stereocenters. The topological polar surface area (TPSA) is 78.0 Å². The number of nitrogens with zero attached hydrogens (tertiary/aromatic N) is 1. The second kappa shape index (κ2) is 5.18. The predicted molar refractivity (Wildman–Crippen MR) is 69.3 cm³/mol. The van der Waals surface area contributed by atoms with Gasteiger partial charge in [-0.2, -0.15) is 5.10 Å². The molecule has 2 aromatic rings. The third-order valence-corrected chi connectivity index (χ3v) is 3.20. The van der Waals surface area contributed by atoms with E-state index in [4.69, 9.17) is 5.11 Å². The third kappa shape index (κ3) is 2.51. The molecule has 2 rings (SSSR count). The van der Waals surface area contributed by atoms with Gasteiger partial charge in [0.25, 0.3) is 5.91 Å². The van der Waals surface area contributed by atoms with Crippen LogP contribution in [0.15, 0.2) is 24.4 Å². The van der Waals surface area contributed by atoms with Gasteiger partial charge in [0.2, 0.25) is 0 Å². The minimum Gasteiger partial charge on any atom is -0.396 e. The summed E-state index contributed by atoms with van der Waals surface area (Å²) in [6.07, 6.45) is 1.69. The summed E-state index contributed by atoms with van der Waals surface area (Å²) in [5.41, 5.74) is 1.50. The molecule has 1 aromatic heterocycles. The normalized spacial score (nSPS) is 14.4. The Morgan fingerprint density at radius 3 is 3.00 bits per heavy atom. The molecular weight excluding hydrogens is 230 g/mol. The highest BCUT2D eigenvalue weighted by Crippen LogP contribution is 2.13. The van der Waals surface area contributed by atoms with Crippen molar-refractivity contribution >= 4 is 16.8 Å². The molecule has 2 atom stereocenters. The zero-order valence-electron chi connectivity index (χ0n) is 10.5. The molecule has 1 heterocycles. The molecule has 0 bridgehead atoms. The number of carbonyl (C=O) groups excluding carboxylic acids is 1. The third-order valence-electron chi connectivity index (χ3n) is 3.20. The van der Waals surface area contributed by atoms with Gasteiger partial charge in [-0.1, -0.05) is 6.92 Å². The van der Waals surface area contributed by atoms with Crippen LogP contribution in [0.2, 0.25) is 0 Å². The fourth-order valence-electron chi connectivity index (χ4n) is 1.67. The van der Waals surface area contributed by atoms with Crippen LogP contribution in [0, 0.1) is 5.92 Å². The van der Waals surface area contributed by atoms with E-state index in [1.807, 2.05) is 19.9 Å². The molecule has 0 spiro atoms. The molecule has 0 radical (unpaired) electrons. The zero-order valence-corrected chi connectivity index (χ0v) is 10.5. The molecule has 1 amide bonds. The van der Waals surface area contributed by atoms with Crippen LogP contribution in [0.4, 0.5) is 0 Å². The Labute approximate surface area is 105 Å². The maximum Gasteiger partial charge on any atom is 0.251 e. The summed E-state index contributed by atoms with van der Waals surface area (Å²) in [6.45, 7) is 3.83. The molecule has 0 aliphatic heterocycles. The quantitative estimate of drug-likeness (QED) is 0.762. The molecule has 1 aromatic carbocycles. The summed E-state index contributed by atoms with van der Waals surface area (Å²) in [6, 6.07) is 5.32. The Bertz CT molecular complexity index is 550. The van der Waals surface area contributed by atoms with E-state index in [-0.39, 0.29) is 24.5 Å². The standard InChI is InChI=1S/C13H17N3O2/c1-8(7-17)9(2)15-13(18)10-3-4-12-11(5-10)6-14-16-12/h3-6,8-9,17H,7H2,1-2H3,(H,14,16)(H,15,18).